The van der Waals surface area contributed by atoms with Gasteiger partial charge in [-0.05, 0) is 57.6 Å². The highest BCUT2D eigenvalue weighted by Crippen LogP contribution is 2.44. The average Bonchev–Trinajstić information content (AvgIpc) is 2.76. The van der Waals surface area contributed by atoms with Crippen LogP contribution in [0.1, 0.15) is 0 Å². The van der Waals surface area contributed by atoms with E-state index in [2.05, 4.69) is 59.6 Å². The molecule has 0 fully saturated rings. The van der Waals surface area contributed by atoms with Gasteiger partial charge in [0, 0.05) is 27.6 Å². The zero-order valence-electron chi connectivity index (χ0n) is 15.0. The minimum absolute atomic E-state index is 0.220. The summed E-state index contributed by atoms with van der Waals surface area (Å²) in [6.07, 6.45) is 3.78. The van der Waals surface area contributed by atoms with E-state index in [-0.39, 0.29) is 5.82 Å². The van der Waals surface area contributed by atoms with E-state index < -0.39 is 0 Å². The molecule has 0 radical (unpaired) electrons. The number of benzene rings is 4. The van der Waals surface area contributed by atoms with E-state index in [1.165, 1.54) is 38.9 Å². The largest absolute Gasteiger partial charge is 0.264 e. The molecule has 0 atom stereocenters. The van der Waals surface area contributed by atoms with E-state index in [4.69, 9.17) is 0 Å². The quantitative estimate of drug-likeness (QED) is 0.303. The van der Waals surface area contributed by atoms with Gasteiger partial charge in [0.25, 0.3) is 0 Å². The van der Waals surface area contributed by atoms with Gasteiger partial charge in [-0.25, -0.2) is 4.39 Å². The fraction of sp³-hybridized carbons (Fsp3) is 0. The molecule has 0 aliphatic rings. The van der Waals surface area contributed by atoms with Gasteiger partial charge in [0.1, 0.15) is 5.82 Å². The lowest BCUT2D eigenvalue weighted by Crippen LogP contribution is -1.90. The maximum absolute atomic E-state index is 13.4. The molecule has 0 saturated carbocycles. The fourth-order valence-corrected chi connectivity index (χ4v) is 4.71. The topological polar surface area (TPSA) is 12.9 Å². The Kier molecular flexibility index (Phi) is 4.30. The van der Waals surface area contributed by atoms with Crippen molar-refractivity contribution in [1.29, 1.82) is 0 Å². The van der Waals surface area contributed by atoms with Crippen molar-refractivity contribution in [2.75, 3.05) is 0 Å². The van der Waals surface area contributed by atoms with Crippen LogP contribution in [-0.4, -0.2) is 4.98 Å². The zero-order valence-corrected chi connectivity index (χ0v) is 15.8. The van der Waals surface area contributed by atoms with E-state index in [1.54, 1.807) is 11.8 Å². The van der Waals surface area contributed by atoms with Crippen LogP contribution >= 0.6 is 11.8 Å². The van der Waals surface area contributed by atoms with Crippen molar-refractivity contribution in [1.82, 2.24) is 4.98 Å². The predicted octanol–water partition coefficient (Wildman–Crippen LogP) is 7.35. The summed E-state index contributed by atoms with van der Waals surface area (Å²) < 4.78 is 13.4. The predicted molar refractivity (Wildman–Crippen MR) is 115 cm³/mol. The molecule has 3 heteroatoms. The summed E-state index contributed by atoms with van der Waals surface area (Å²) in [5, 5.41) is 4.66. The number of pyridine rings is 1. The van der Waals surface area contributed by atoms with Crippen molar-refractivity contribution in [3.8, 4) is 11.1 Å². The van der Waals surface area contributed by atoms with Crippen LogP contribution in [0.25, 0.3) is 32.7 Å². The molecule has 134 valence electrons. The molecule has 0 spiro atoms. The van der Waals surface area contributed by atoms with Crippen LogP contribution in [0.15, 0.2) is 107 Å². The first-order chi connectivity index (χ1) is 13.8. The molecule has 4 aromatic carbocycles. The van der Waals surface area contributed by atoms with Crippen LogP contribution in [0.2, 0.25) is 0 Å². The highest BCUT2D eigenvalue weighted by Gasteiger charge is 2.16. The van der Waals surface area contributed by atoms with Gasteiger partial charge in [0.15, 0.2) is 0 Å². The third-order valence-corrected chi connectivity index (χ3v) is 6.02. The maximum Gasteiger partial charge on any atom is 0.123 e. The Morgan fingerprint density at radius 3 is 2.11 bits per heavy atom. The lowest BCUT2D eigenvalue weighted by molar-refractivity contribution is 0.626. The standard InChI is InChI=1S/C25H16FNS/c26-18-10-12-19(13-11-18)28-25-21-9-5-4-8-20(21)24(17-6-2-1-3-7-17)23-16-27-15-14-22(23)25/h1-16H. The number of halogens is 1. The molecule has 0 amide bonds. The smallest absolute Gasteiger partial charge is 0.123 e. The molecule has 0 N–H and O–H groups in total. The maximum atomic E-state index is 13.4. The lowest BCUT2D eigenvalue weighted by atomic mass is 9.93. The van der Waals surface area contributed by atoms with Crippen molar-refractivity contribution in [2.45, 2.75) is 9.79 Å². The Labute approximate surface area is 166 Å². The summed E-state index contributed by atoms with van der Waals surface area (Å²) in [5.41, 5.74) is 2.37. The van der Waals surface area contributed by atoms with E-state index in [0.717, 1.165) is 15.7 Å². The number of rotatable bonds is 3. The normalized spacial score (nSPS) is 11.2. The van der Waals surface area contributed by atoms with Crippen LogP contribution in [-0.2, 0) is 0 Å². The Bertz CT molecular complexity index is 1220. The van der Waals surface area contributed by atoms with Gasteiger partial charge in [-0.15, -0.1) is 0 Å². The van der Waals surface area contributed by atoms with Crippen LogP contribution < -0.4 is 0 Å². The molecule has 5 rings (SSSR count). The number of aromatic nitrogens is 1. The summed E-state index contributed by atoms with van der Waals surface area (Å²) >= 11 is 1.66. The van der Waals surface area contributed by atoms with Gasteiger partial charge < -0.3 is 0 Å². The van der Waals surface area contributed by atoms with Crippen molar-refractivity contribution in [3.05, 3.63) is 103 Å². The molecular weight excluding hydrogens is 365 g/mol. The lowest BCUT2D eigenvalue weighted by Gasteiger charge is -2.16. The first kappa shape index (κ1) is 17.0. The Morgan fingerprint density at radius 2 is 1.32 bits per heavy atom. The van der Waals surface area contributed by atoms with Crippen molar-refractivity contribution in [3.63, 3.8) is 0 Å². The Hall–Kier alpha value is -3.17. The van der Waals surface area contributed by atoms with Crippen molar-refractivity contribution < 1.29 is 4.39 Å². The average molecular weight is 381 g/mol. The minimum atomic E-state index is -0.220. The Balaban J connectivity index is 1.85. The number of fused-ring (bicyclic) bond motifs is 2. The first-order valence-corrected chi connectivity index (χ1v) is 9.90. The molecule has 0 aliphatic heterocycles. The third kappa shape index (κ3) is 2.94. The number of hydrogen-bond donors (Lipinski definition) is 0. The summed E-state index contributed by atoms with van der Waals surface area (Å²) in [5.74, 6) is -0.220. The number of hydrogen-bond acceptors (Lipinski definition) is 2. The van der Waals surface area contributed by atoms with Gasteiger partial charge in [0.05, 0.1) is 0 Å². The second-order valence-corrected chi connectivity index (χ2v) is 7.68. The molecule has 0 saturated heterocycles. The fourth-order valence-electron chi connectivity index (χ4n) is 3.63. The second kappa shape index (κ2) is 7.10. The highest BCUT2D eigenvalue weighted by molar-refractivity contribution is 7.99. The second-order valence-electron chi connectivity index (χ2n) is 6.59. The summed E-state index contributed by atoms with van der Waals surface area (Å²) in [6.45, 7) is 0. The van der Waals surface area contributed by atoms with Crippen LogP contribution in [0, 0.1) is 5.82 Å². The van der Waals surface area contributed by atoms with Crippen molar-refractivity contribution >= 4 is 33.3 Å². The summed E-state index contributed by atoms with van der Waals surface area (Å²) in [6, 6.07) is 27.6. The van der Waals surface area contributed by atoms with Crippen LogP contribution in [0.3, 0.4) is 0 Å². The van der Waals surface area contributed by atoms with E-state index in [1.807, 2.05) is 30.6 Å². The monoisotopic (exact) mass is 381 g/mol. The zero-order chi connectivity index (χ0) is 18.9. The molecule has 0 aliphatic carbocycles. The SMILES string of the molecule is Fc1ccc(Sc2c3ccccc3c(-c3ccccc3)c3cnccc23)cc1. The minimum Gasteiger partial charge on any atom is -0.264 e. The molecule has 0 bridgehead atoms. The molecule has 1 nitrogen and oxygen atoms in total. The molecule has 0 unspecified atom stereocenters. The molecule has 1 aromatic heterocycles. The van der Waals surface area contributed by atoms with Crippen LogP contribution in [0.5, 0.6) is 0 Å². The van der Waals surface area contributed by atoms with Crippen molar-refractivity contribution in [2.24, 2.45) is 0 Å². The van der Waals surface area contributed by atoms with Gasteiger partial charge in [0.2, 0.25) is 0 Å². The highest BCUT2D eigenvalue weighted by atomic mass is 32.2. The first-order valence-electron chi connectivity index (χ1n) is 9.08. The number of nitrogens with zero attached hydrogens (tertiary/aromatic N) is 1. The van der Waals surface area contributed by atoms with Gasteiger partial charge in [-0.1, -0.05) is 66.4 Å². The molecular formula is C25H16FNS. The van der Waals surface area contributed by atoms with Gasteiger partial charge in [-0.2, -0.15) is 0 Å². The van der Waals surface area contributed by atoms with Crippen LogP contribution in [0.4, 0.5) is 4.39 Å². The summed E-state index contributed by atoms with van der Waals surface area (Å²) in [7, 11) is 0. The van der Waals surface area contributed by atoms with Gasteiger partial charge >= 0.3 is 0 Å². The Morgan fingerprint density at radius 1 is 0.643 bits per heavy atom. The third-order valence-electron chi connectivity index (χ3n) is 4.87. The molecule has 28 heavy (non-hydrogen) atoms. The van der Waals surface area contributed by atoms with E-state index in [9.17, 15) is 4.39 Å². The van der Waals surface area contributed by atoms with Gasteiger partial charge in [-0.3, -0.25) is 4.98 Å². The summed E-state index contributed by atoms with van der Waals surface area (Å²) in [4.78, 5) is 6.58. The van der Waals surface area contributed by atoms with E-state index in [0.29, 0.717) is 0 Å². The van der Waals surface area contributed by atoms with E-state index >= 15 is 0 Å². The molecule has 5 aromatic rings. The molecule has 1 heterocycles.